The molecule has 1 saturated heterocycles. The van der Waals surface area contributed by atoms with Crippen molar-refractivity contribution >= 4 is 27.3 Å². The Labute approximate surface area is 174 Å². The molecule has 1 aromatic rings. The van der Waals surface area contributed by atoms with Gasteiger partial charge in [0.25, 0.3) is 0 Å². The molecule has 5 nitrogen and oxygen atoms in total. The first kappa shape index (κ1) is 22.2. The highest BCUT2D eigenvalue weighted by Crippen LogP contribution is 2.34. The van der Waals surface area contributed by atoms with E-state index in [1.165, 1.54) is 4.31 Å². The summed E-state index contributed by atoms with van der Waals surface area (Å²) in [5.41, 5.74) is 1.17. The molecule has 29 heavy (non-hydrogen) atoms. The van der Waals surface area contributed by atoms with E-state index in [0.29, 0.717) is 22.9 Å². The molecule has 10 heteroatoms. The van der Waals surface area contributed by atoms with Crippen molar-refractivity contribution in [1.29, 1.82) is 5.26 Å². The highest BCUT2D eigenvalue weighted by atomic mass is 35.5. The first-order valence-electron chi connectivity index (χ1n) is 9.60. The Morgan fingerprint density at radius 2 is 2.00 bits per heavy atom. The molecular formula is C19H23ClF3N3O2S. The SMILES string of the molecule is N#Cc1ccc(N(CC2CCC2)[C@H]2CCN(S(=O)(=O)CCC(F)(F)F)C2)cc1Cl. The van der Waals surface area contributed by atoms with Crippen molar-refractivity contribution in [2.75, 3.05) is 30.3 Å². The summed E-state index contributed by atoms with van der Waals surface area (Å²) in [7, 11) is -3.96. The minimum Gasteiger partial charge on any atom is -0.367 e. The molecule has 0 unspecified atom stereocenters. The zero-order valence-electron chi connectivity index (χ0n) is 15.8. The zero-order valence-corrected chi connectivity index (χ0v) is 17.4. The van der Waals surface area contributed by atoms with Crippen molar-refractivity contribution in [2.24, 2.45) is 5.92 Å². The lowest BCUT2D eigenvalue weighted by Crippen LogP contribution is -2.43. The molecular weight excluding hydrogens is 427 g/mol. The van der Waals surface area contributed by atoms with Crippen LogP contribution in [0.1, 0.15) is 37.7 Å². The van der Waals surface area contributed by atoms with Crippen LogP contribution in [0.2, 0.25) is 5.02 Å². The average Bonchev–Trinajstić information content (AvgIpc) is 3.09. The third kappa shape index (κ3) is 5.56. The van der Waals surface area contributed by atoms with E-state index >= 15 is 0 Å². The van der Waals surface area contributed by atoms with Crippen LogP contribution in [0.5, 0.6) is 0 Å². The number of halogens is 4. The summed E-state index contributed by atoms with van der Waals surface area (Å²) >= 11 is 6.19. The number of sulfonamides is 1. The molecule has 3 rings (SSSR count). The van der Waals surface area contributed by atoms with E-state index in [2.05, 4.69) is 4.90 Å². The average molecular weight is 450 g/mol. The molecule has 2 fully saturated rings. The van der Waals surface area contributed by atoms with Crippen LogP contribution >= 0.6 is 11.6 Å². The van der Waals surface area contributed by atoms with Gasteiger partial charge in [-0.1, -0.05) is 18.0 Å². The fraction of sp³-hybridized carbons (Fsp3) is 0.632. The Morgan fingerprint density at radius 3 is 2.55 bits per heavy atom. The van der Waals surface area contributed by atoms with Crippen molar-refractivity contribution in [3.63, 3.8) is 0 Å². The third-order valence-corrected chi connectivity index (χ3v) is 7.84. The lowest BCUT2D eigenvalue weighted by Gasteiger charge is -2.37. The summed E-state index contributed by atoms with van der Waals surface area (Å²) in [5.74, 6) is -0.422. The van der Waals surface area contributed by atoms with E-state index in [0.717, 1.165) is 31.5 Å². The van der Waals surface area contributed by atoms with Crippen LogP contribution in [0.4, 0.5) is 18.9 Å². The second-order valence-corrected chi connectivity index (χ2v) is 10.2. The summed E-state index contributed by atoms with van der Waals surface area (Å²) in [4.78, 5) is 2.11. The van der Waals surface area contributed by atoms with Crippen LogP contribution in [-0.4, -0.2) is 50.3 Å². The van der Waals surface area contributed by atoms with Gasteiger partial charge in [0.1, 0.15) is 6.07 Å². The van der Waals surface area contributed by atoms with Crippen LogP contribution in [0.3, 0.4) is 0 Å². The van der Waals surface area contributed by atoms with Crippen LogP contribution < -0.4 is 4.90 Å². The van der Waals surface area contributed by atoms with Crippen molar-refractivity contribution in [3.05, 3.63) is 28.8 Å². The van der Waals surface area contributed by atoms with Gasteiger partial charge in [-0.2, -0.15) is 22.7 Å². The second-order valence-electron chi connectivity index (χ2n) is 7.71. The molecule has 0 radical (unpaired) electrons. The number of alkyl halides is 3. The van der Waals surface area contributed by atoms with Gasteiger partial charge < -0.3 is 4.90 Å². The number of nitriles is 1. The molecule has 1 aromatic carbocycles. The molecule has 0 N–H and O–H groups in total. The lowest BCUT2D eigenvalue weighted by atomic mass is 9.84. The highest BCUT2D eigenvalue weighted by Gasteiger charge is 2.38. The maximum Gasteiger partial charge on any atom is 0.390 e. The highest BCUT2D eigenvalue weighted by molar-refractivity contribution is 7.89. The van der Waals surface area contributed by atoms with Crippen LogP contribution in [0.25, 0.3) is 0 Å². The second kappa shape index (κ2) is 8.70. The number of nitrogens with zero attached hydrogens (tertiary/aromatic N) is 3. The maximum absolute atomic E-state index is 12.5. The molecule has 160 valence electrons. The molecule has 0 amide bonds. The van der Waals surface area contributed by atoms with E-state index in [4.69, 9.17) is 16.9 Å². The molecule has 0 aromatic heterocycles. The van der Waals surface area contributed by atoms with Gasteiger partial charge in [0, 0.05) is 31.4 Å². The van der Waals surface area contributed by atoms with E-state index in [9.17, 15) is 21.6 Å². The lowest BCUT2D eigenvalue weighted by molar-refractivity contribution is -0.130. The van der Waals surface area contributed by atoms with Gasteiger partial charge in [0.15, 0.2) is 0 Å². The largest absolute Gasteiger partial charge is 0.390 e. The Kier molecular flexibility index (Phi) is 6.66. The molecule has 0 spiro atoms. The molecule has 0 bridgehead atoms. The standard InChI is InChI=1S/C19H23ClF3N3O2S/c20-18-10-16(5-4-15(18)11-24)26(12-14-2-1-3-14)17-6-8-25(13-17)29(27,28)9-7-19(21,22)23/h4-5,10,14,17H,1-3,6-9,12-13H2/t17-/m0/s1. The Hall–Kier alpha value is -1.50. The fourth-order valence-electron chi connectivity index (χ4n) is 3.78. The molecule has 1 atom stereocenters. The predicted molar refractivity (Wildman–Crippen MR) is 105 cm³/mol. The van der Waals surface area contributed by atoms with Crippen molar-refractivity contribution in [3.8, 4) is 6.07 Å². The summed E-state index contributed by atoms with van der Waals surface area (Å²) in [6, 6.07) is 7.02. The first-order valence-corrected chi connectivity index (χ1v) is 11.6. The van der Waals surface area contributed by atoms with Crippen LogP contribution in [0.15, 0.2) is 18.2 Å². The summed E-state index contributed by atoms with van der Waals surface area (Å²) in [5, 5.41) is 9.41. The minimum atomic E-state index is -4.50. The molecule has 1 aliphatic heterocycles. The maximum atomic E-state index is 12.5. The normalized spacial score (nSPS) is 21.0. The first-order chi connectivity index (χ1) is 13.6. The summed E-state index contributed by atoms with van der Waals surface area (Å²) in [6.07, 6.45) is -1.94. The number of hydrogen-bond acceptors (Lipinski definition) is 4. The van der Waals surface area contributed by atoms with E-state index in [1.807, 2.05) is 6.07 Å². The van der Waals surface area contributed by atoms with Crippen molar-refractivity contribution in [1.82, 2.24) is 4.31 Å². The van der Waals surface area contributed by atoms with Gasteiger partial charge in [-0.15, -0.1) is 0 Å². The summed E-state index contributed by atoms with van der Waals surface area (Å²) in [6.45, 7) is 1.10. The predicted octanol–water partition coefficient (Wildman–Crippen LogP) is 4.17. The van der Waals surface area contributed by atoms with Gasteiger partial charge in [-0.05, 0) is 43.4 Å². The Bertz CT molecular complexity index is 882. The van der Waals surface area contributed by atoms with Gasteiger partial charge in [0.05, 0.1) is 22.8 Å². The van der Waals surface area contributed by atoms with Gasteiger partial charge >= 0.3 is 6.18 Å². The van der Waals surface area contributed by atoms with Gasteiger partial charge in [0.2, 0.25) is 10.0 Å². The monoisotopic (exact) mass is 449 g/mol. The zero-order chi connectivity index (χ0) is 21.2. The van der Waals surface area contributed by atoms with Crippen LogP contribution in [0, 0.1) is 17.2 Å². The third-order valence-electron chi connectivity index (χ3n) is 5.69. The van der Waals surface area contributed by atoms with Crippen LogP contribution in [-0.2, 0) is 10.0 Å². The molecule has 1 saturated carbocycles. The smallest absolute Gasteiger partial charge is 0.367 e. The number of rotatable bonds is 7. The minimum absolute atomic E-state index is 0.139. The van der Waals surface area contributed by atoms with E-state index in [-0.39, 0.29) is 19.1 Å². The van der Waals surface area contributed by atoms with Crippen molar-refractivity contribution in [2.45, 2.75) is 44.3 Å². The number of benzene rings is 1. The Morgan fingerprint density at radius 1 is 1.28 bits per heavy atom. The molecule has 1 aliphatic carbocycles. The number of anilines is 1. The van der Waals surface area contributed by atoms with Gasteiger partial charge in [-0.25, -0.2) is 8.42 Å². The van der Waals surface area contributed by atoms with E-state index < -0.39 is 28.4 Å². The summed E-state index contributed by atoms with van der Waals surface area (Å²) < 4.78 is 63.3. The molecule has 1 heterocycles. The van der Waals surface area contributed by atoms with Gasteiger partial charge in [-0.3, -0.25) is 0 Å². The van der Waals surface area contributed by atoms with Crippen molar-refractivity contribution < 1.29 is 21.6 Å². The van der Waals surface area contributed by atoms with E-state index in [1.54, 1.807) is 18.2 Å². The fourth-order valence-corrected chi connectivity index (χ4v) is 5.53. The topological polar surface area (TPSA) is 64.4 Å². The number of hydrogen-bond donors (Lipinski definition) is 0. The molecule has 2 aliphatic rings. The Balaban J connectivity index is 1.75. The quantitative estimate of drug-likeness (QED) is 0.626.